The summed E-state index contributed by atoms with van der Waals surface area (Å²) in [7, 11) is 0. The van der Waals surface area contributed by atoms with Gasteiger partial charge in [0.2, 0.25) is 5.91 Å². The fourth-order valence-corrected chi connectivity index (χ4v) is 11.5. The number of hydrogen-bond donors (Lipinski definition) is 3. The highest BCUT2D eigenvalue weighted by Crippen LogP contribution is 2.19. The van der Waals surface area contributed by atoms with Crippen molar-refractivity contribution in [3.05, 3.63) is 24.3 Å². The minimum atomic E-state index is -0.658. The van der Waals surface area contributed by atoms with E-state index in [0.29, 0.717) is 25.9 Å². The second-order valence-corrected chi connectivity index (χ2v) is 24.9. The van der Waals surface area contributed by atoms with Crippen LogP contribution in [0.1, 0.15) is 406 Å². The maximum Gasteiger partial charge on any atom is 0.305 e. The predicted molar refractivity (Wildman–Crippen MR) is 347 cm³/mol. The zero-order valence-electron chi connectivity index (χ0n) is 53.6. The normalized spacial score (nSPS) is 12.6. The van der Waals surface area contributed by atoms with Crippen molar-refractivity contribution in [1.29, 1.82) is 0 Å². The Morgan fingerprint density at radius 2 is 0.633 bits per heavy atom. The molecule has 0 rings (SSSR count). The van der Waals surface area contributed by atoms with Gasteiger partial charge >= 0.3 is 5.97 Å². The summed E-state index contributed by atoms with van der Waals surface area (Å²) in [5, 5.41) is 23.2. The molecule has 0 bridgehead atoms. The van der Waals surface area contributed by atoms with Crippen LogP contribution in [0, 0.1) is 0 Å². The maximum atomic E-state index is 12.4. The van der Waals surface area contributed by atoms with Gasteiger partial charge in [-0.05, 0) is 57.8 Å². The molecule has 1 amide bonds. The number of ether oxygens (including phenoxy) is 1. The van der Waals surface area contributed by atoms with E-state index < -0.39 is 12.1 Å². The van der Waals surface area contributed by atoms with E-state index in [1.165, 1.54) is 327 Å². The van der Waals surface area contributed by atoms with Gasteiger partial charge in [0.1, 0.15) is 0 Å². The predicted octanol–water partition coefficient (Wildman–Crippen LogP) is 23.3. The zero-order valence-corrected chi connectivity index (χ0v) is 53.6. The molecule has 0 aliphatic carbocycles. The van der Waals surface area contributed by atoms with Crippen molar-refractivity contribution in [1.82, 2.24) is 5.32 Å². The van der Waals surface area contributed by atoms with Gasteiger partial charge in [-0.3, -0.25) is 9.59 Å². The van der Waals surface area contributed by atoms with Crippen molar-refractivity contribution < 1.29 is 24.5 Å². The molecule has 0 aliphatic heterocycles. The standard InChI is InChI=1S/C73H141NO5/c1-3-5-7-9-11-13-15-16-17-18-34-38-41-44-47-51-55-59-63-67-73(78)79-68-64-60-56-52-48-45-42-39-36-33-31-29-27-25-23-21-19-20-22-24-26-28-30-32-35-37-40-43-46-50-54-58-62-66-72(77)74-70(69-75)71(76)65-61-57-53-49-14-12-10-8-6-4-2/h11,13,16-17,70-71,75-76H,3-10,12,14-15,18-69H2,1-2H3,(H,74,77)/b13-11-,17-16-. The largest absolute Gasteiger partial charge is 0.466 e. The summed E-state index contributed by atoms with van der Waals surface area (Å²) in [4.78, 5) is 24.6. The first-order chi connectivity index (χ1) is 39.0. The summed E-state index contributed by atoms with van der Waals surface area (Å²) < 4.78 is 5.51. The average Bonchev–Trinajstić information content (AvgIpc) is 3.45. The van der Waals surface area contributed by atoms with Gasteiger partial charge < -0.3 is 20.3 Å². The summed E-state index contributed by atoms with van der Waals surface area (Å²) in [6.07, 6.45) is 86.8. The summed E-state index contributed by atoms with van der Waals surface area (Å²) in [6.45, 7) is 4.95. The monoisotopic (exact) mass is 1110 g/mol. The van der Waals surface area contributed by atoms with Crippen LogP contribution in [0.25, 0.3) is 0 Å². The number of carbonyl (C=O) groups is 2. The van der Waals surface area contributed by atoms with Crippen LogP contribution in [0.15, 0.2) is 24.3 Å². The van der Waals surface area contributed by atoms with E-state index in [1.807, 2.05) is 0 Å². The number of nitrogens with one attached hydrogen (secondary N) is 1. The molecule has 0 heterocycles. The summed E-state index contributed by atoms with van der Waals surface area (Å²) >= 11 is 0. The van der Waals surface area contributed by atoms with Gasteiger partial charge in [-0.25, -0.2) is 0 Å². The fourth-order valence-electron chi connectivity index (χ4n) is 11.5. The van der Waals surface area contributed by atoms with Crippen LogP contribution in [0.4, 0.5) is 0 Å². The van der Waals surface area contributed by atoms with E-state index in [-0.39, 0.29) is 18.5 Å². The van der Waals surface area contributed by atoms with Crippen LogP contribution < -0.4 is 5.32 Å². The van der Waals surface area contributed by atoms with E-state index in [4.69, 9.17) is 4.74 Å². The number of aliphatic hydroxyl groups excluding tert-OH is 2. The second-order valence-electron chi connectivity index (χ2n) is 24.9. The Balaban J connectivity index is 3.28. The fraction of sp³-hybridized carbons (Fsp3) is 0.918. The summed E-state index contributed by atoms with van der Waals surface area (Å²) in [5.74, 6) is -0.0113. The minimum absolute atomic E-state index is 0.0185. The lowest BCUT2D eigenvalue weighted by Gasteiger charge is -2.22. The Hall–Kier alpha value is -1.66. The molecule has 468 valence electrons. The van der Waals surface area contributed by atoms with Crippen LogP contribution in [-0.2, 0) is 14.3 Å². The van der Waals surface area contributed by atoms with Crippen molar-refractivity contribution in [2.24, 2.45) is 0 Å². The van der Waals surface area contributed by atoms with Gasteiger partial charge in [0, 0.05) is 12.8 Å². The first-order valence-corrected chi connectivity index (χ1v) is 36.1. The van der Waals surface area contributed by atoms with Crippen LogP contribution in [0.3, 0.4) is 0 Å². The van der Waals surface area contributed by atoms with E-state index in [0.717, 1.165) is 44.9 Å². The molecule has 0 aromatic rings. The number of rotatable bonds is 68. The van der Waals surface area contributed by atoms with E-state index in [2.05, 4.69) is 43.5 Å². The number of aliphatic hydroxyl groups is 2. The molecule has 0 aromatic carbocycles. The molecule has 3 N–H and O–H groups in total. The Bertz CT molecular complexity index is 1230. The second kappa shape index (κ2) is 68.8. The molecule has 0 spiro atoms. The number of amides is 1. The van der Waals surface area contributed by atoms with Crippen molar-refractivity contribution >= 4 is 11.9 Å². The highest BCUT2D eigenvalue weighted by Gasteiger charge is 2.20. The molecule has 2 unspecified atom stereocenters. The van der Waals surface area contributed by atoms with Crippen molar-refractivity contribution in [3.8, 4) is 0 Å². The van der Waals surface area contributed by atoms with Crippen LogP contribution >= 0.6 is 0 Å². The Kier molecular flexibility index (Phi) is 67.4. The van der Waals surface area contributed by atoms with Gasteiger partial charge in [0.25, 0.3) is 0 Å². The average molecular weight is 1110 g/mol. The Morgan fingerprint density at radius 1 is 0.354 bits per heavy atom. The maximum absolute atomic E-state index is 12.4. The third kappa shape index (κ3) is 65.4. The molecular weight excluding hydrogens is 971 g/mol. The number of hydrogen-bond acceptors (Lipinski definition) is 5. The molecule has 0 saturated carbocycles. The van der Waals surface area contributed by atoms with Crippen LogP contribution in [0.2, 0.25) is 0 Å². The minimum Gasteiger partial charge on any atom is -0.466 e. The number of unbranched alkanes of at least 4 members (excludes halogenated alkanes) is 53. The molecule has 6 heteroatoms. The van der Waals surface area contributed by atoms with Gasteiger partial charge in [0.05, 0.1) is 25.4 Å². The molecule has 0 fully saturated rings. The van der Waals surface area contributed by atoms with Gasteiger partial charge in [-0.15, -0.1) is 0 Å². The molecule has 2 atom stereocenters. The first-order valence-electron chi connectivity index (χ1n) is 36.1. The van der Waals surface area contributed by atoms with Crippen molar-refractivity contribution in [3.63, 3.8) is 0 Å². The summed E-state index contributed by atoms with van der Waals surface area (Å²) in [6, 6.07) is -0.535. The van der Waals surface area contributed by atoms with E-state index >= 15 is 0 Å². The van der Waals surface area contributed by atoms with Gasteiger partial charge in [0.15, 0.2) is 0 Å². The smallest absolute Gasteiger partial charge is 0.305 e. The zero-order chi connectivity index (χ0) is 57.1. The molecule has 0 saturated heterocycles. The molecule has 0 aliphatic rings. The SMILES string of the molecule is CCCCC/C=C\C/C=C\CCCCCCCCCCCC(=O)OCCCCCCCCCCCCCCCCCCCCCCCCCCCCCCCCCCCC(=O)NC(CO)C(O)CCCCCCCCCCCC. The topological polar surface area (TPSA) is 95.9 Å². The highest BCUT2D eigenvalue weighted by molar-refractivity contribution is 5.76. The Labute approximate surface area is 494 Å². The third-order valence-corrected chi connectivity index (χ3v) is 17.0. The van der Waals surface area contributed by atoms with Crippen LogP contribution in [0.5, 0.6) is 0 Å². The third-order valence-electron chi connectivity index (χ3n) is 17.0. The van der Waals surface area contributed by atoms with E-state index in [1.54, 1.807) is 0 Å². The molecule has 79 heavy (non-hydrogen) atoms. The lowest BCUT2D eigenvalue weighted by molar-refractivity contribution is -0.143. The van der Waals surface area contributed by atoms with Crippen LogP contribution in [-0.4, -0.2) is 47.4 Å². The highest BCUT2D eigenvalue weighted by atomic mass is 16.5. The quantitative estimate of drug-likeness (QED) is 0.0320. The lowest BCUT2D eigenvalue weighted by Crippen LogP contribution is -2.45. The van der Waals surface area contributed by atoms with Gasteiger partial charge in [-0.1, -0.05) is 359 Å². The number of carbonyl (C=O) groups excluding carboxylic acids is 2. The number of esters is 1. The van der Waals surface area contributed by atoms with E-state index in [9.17, 15) is 19.8 Å². The molecule has 6 nitrogen and oxygen atoms in total. The summed E-state index contributed by atoms with van der Waals surface area (Å²) in [5.41, 5.74) is 0. The van der Waals surface area contributed by atoms with Crippen molar-refractivity contribution in [2.75, 3.05) is 13.2 Å². The first kappa shape index (κ1) is 77.3. The molecule has 0 radical (unpaired) electrons. The van der Waals surface area contributed by atoms with Crippen molar-refractivity contribution in [2.45, 2.75) is 418 Å². The molecular formula is C73H141NO5. The lowest BCUT2D eigenvalue weighted by atomic mass is 10.0. The molecule has 0 aromatic heterocycles. The Morgan fingerprint density at radius 3 is 0.987 bits per heavy atom. The number of allylic oxidation sites excluding steroid dienone is 4. The van der Waals surface area contributed by atoms with Gasteiger partial charge in [-0.2, -0.15) is 0 Å².